The second kappa shape index (κ2) is 4.32. The van der Waals surface area contributed by atoms with Gasteiger partial charge >= 0.3 is 5.97 Å². The molecule has 5 heteroatoms. The van der Waals surface area contributed by atoms with E-state index in [1.165, 1.54) is 11.3 Å². The number of hydrogen-bond donors (Lipinski definition) is 2. The maximum absolute atomic E-state index is 10.5. The van der Waals surface area contributed by atoms with Crippen molar-refractivity contribution in [3.05, 3.63) is 34.7 Å². The van der Waals surface area contributed by atoms with Crippen molar-refractivity contribution < 1.29 is 9.90 Å². The normalized spacial score (nSPS) is 10.2. The van der Waals surface area contributed by atoms with Crippen molar-refractivity contribution in [3.63, 3.8) is 0 Å². The minimum atomic E-state index is -0.863. The highest BCUT2D eigenvalue weighted by Crippen LogP contribution is 2.22. The summed E-state index contributed by atoms with van der Waals surface area (Å²) in [6, 6.07) is 7.33. The van der Waals surface area contributed by atoms with Crippen molar-refractivity contribution in [2.24, 2.45) is 0 Å². The predicted octanol–water partition coefficient (Wildman–Crippen LogP) is 2.02. The largest absolute Gasteiger partial charge is 0.481 e. The molecule has 0 saturated carbocycles. The van der Waals surface area contributed by atoms with E-state index in [1.807, 2.05) is 17.5 Å². The number of carbonyl (C=O) groups is 1. The van der Waals surface area contributed by atoms with Crippen LogP contribution >= 0.6 is 11.3 Å². The van der Waals surface area contributed by atoms with E-state index in [2.05, 4.69) is 4.98 Å². The fourth-order valence-electron chi connectivity index (χ4n) is 1.31. The number of nitrogens with two attached hydrogens (primary N) is 1. The third-order valence-electron chi connectivity index (χ3n) is 2.06. The van der Waals surface area contributed by atoms with Crippen molar-refractivity contribution in [1.82, 2.24) is 4.98 Å². The lowest BCUT2D eigenvalue weighted by molar-refractivity contribution is -0.136. The summed E-state index contributed by atoms with van der Waals surface area (Å²) in [7, 11) is 0. The van der Waals surface area contributed by atoms with Crippen molar-refractivity contribution in [3.8, 4) is 11.3 Å². The number of nitrogen functional groups attached to an aromatic ring is 1. The fraction of sp³-hybridized carbons (Fsp3) is 0.0909. The number of benzene rings is 1. The van der Waals surface area contributed by atoms with E-state index in [-0.39, 0.29) is 6.42 Å². The highest BCUT2D eigenvalue weighted by Gasteiger charge is 2.07. The van der Waals surface area contributed by atoms with E-state index >= 15 is 0 Å². The Hall–Kier alpha value is -1.88. The van der Waals surface area contributed by atoms with Gasteiger partial charge in [0.25, 0.3) is 0 Å². The molecule has 0 aliphatic rings. The summed E-state index contributed by atoms with van der Waals surface area (Å²) in [5.74, 6) is -0.863. The molecule has 0 aliphatic heterocycles. The maximum Gasteiger partial charge on any atom is 0.310 e. The van der Waals surface area contributed by atoms with Gasteiger partial charge in [-0.1, -0.05) is 12.1 Å². The number of thiazole rings is 1. The van der Waals surface area contributed by atoms with Gasteiger partial charge in [-0.2, -0.15) is 0 Å². The Kier molecular flexibility index (Phi) is 2.87. The van der Waals surface area contributed by atoms with E-state index in [0.717, 1.165) is 11.3 Å². The predicted molar refractivity (Wildman–Crippen MR) is 63.3 cm³/mol. The number of carboxylic acids is 1. The van der Waals surface area contributed by atoms with Gasteiger partial charge in [-0.05, 0) is 12.1 Å². The van der Waals surface area contributed by atoms with Crippen LogP contribution in [0.5, 0.6) is 0 Å². The number of rotatable bonds is 3. The number of carboxylic acid groups (broad SMARTS) is 1. The van der Waals surface area contributed by atoms with Crippen molar-refractivity contribution in [2.75, 3.05) is 5.73 Å². The smallest absolute Gasteiger partial charge is 0.310 e. The summed E-state index contributed by atoms with van der Waals surface area (Å²) in [5, 5.41) is 11.1. The molecular formula is C11H10N2O2S. The SMILES string of the molecule is Nc1ccc(-c2csc(CC(=O)O)n2)cc1. The van der Waals surface area contributed by atoms with E-state index < -0.39 is 5.97 Å². The second-order valence-electron chi connectivity index (χ2n) is 3.32. The van der Waals surface area contributed by atoms with Gasteiger partial charge in [0, 0.05) is 16.6 Å². The van der Waals surface area contributed by atoms with E-state index in [0.29, 0.717) is 10.7 Å². The van der Waals surface area contributed by atoms with E-state index in [1.54, 1.807) is 12.1 Å². The molecule has 0 spiro atoms. The lowest BCUT2D eigenvalue weighted by Crippen LogP contribution is -1.99. The molecular weight excluding hydrogens is 224 g/mol. The lowest BCUT2D eigenvalue weighted by atomic mass is 10.1. The summed E-state index contributed by atoms with van der Waals surface area (Å²) >= 11 is 1.35. The monoisotopic (exact) mass is 234 g/mol. The number of aromatic nitrogens is 1. The van der Waals surface area contributed by atoms with Crippen LogP contribution in [0, 0.1) is 0 Å². The molecule has 82 valence electrons. The van der Waals surface area contributed by atoms with Gasteiger partial charge in [-0.15, -0.1) is 11.3 Å². The zero-order chi connectivity index (χ0) is 11.5. The molecule has 0 fully saturated rings. The van der Waals surface area contributed by atoms with Crippen LogP contribution in [0.1, 0.15) is 5.01 Å². The van der Waals surface area contributed by atoms with Gasteiger partial charge in [0.1, 0.15) is 5.01 Å². The topological polar surface area (TPSA) is 76.2 Å². The van der Waals surface area contributed by atoms with Crippen molar-refractivity contribution >= 4 is 23.0 Å². The first-order valence-electron chi connectivity index (χ1n) is 4.67. The van der Waals surface area contributed by atoms with Gasteiger partial charge in [0.2, 0.25) is 0 Å². The van der Waals surface area contributed by atoms with Crippen LogP contribution < -0.4 is 5.73 Å². The highest BCUT2D eigenvalue weighted by atomic mass is 32.1. The molecule has 0 bridgehead atoms. The van der Waals surface area contributed by atoms with Gasteiger partial charge in [-0.3, -0.25) is 4.79 Å². The van der Waals surface area contributed by atoms with Crippen LogP contribution in [0.4, 0.5) is 5.69 Å². The zero-order valence-corrected chi connectivity index (χ0v) is 9.20. The van der Waals surface area contributed by atoms with Crippen LogP contribution in [0.3, 0.4) is 0 Å². The zero-order valence-electron chi connectivity index (χ0n) is 8.38. The molecule has 0 aliphatic carbocycles. The average Bonchev–Trinajstić information content (AvgIpc) is 2.66. The molecule has 1 aromatic carbocycles. The molecule has 0 atom stereocenters. The maximum atomic E-state index is 10.5. The summed E-state index contributed by atoms with van der Waals surface area (Å²) in [5.41, 5.74) is 8.02. The number of hydrogen-bond acceptors (Lipinski definition) is 4. The van der Waals surface area contributed by atoms with Gasteiger partial charge in [0.15, 0.2) is 0 Å². The Morgan fingerprint density at radius 3 is 2.69 bits per heavy atom. The molecule has 0 amide bonds. The molecule has 16 heavy (non-hydrogen) atoms. The third kappa shape index (κ3) is 2.38. The van der Waals surface area contributed by atoms with E-state index in [9.17, 15) is 4.79 Å². The number of aliphatic carboxylic acids is 1. The molecule has 1 aromatic heterocycles. The molecule has 1 heterocycles. The molecule has 4 nitrogen and oxygen atoms in total. The van der Waals surface area contributed by atoms with Crippen LogP contribution in [0.2, 0.25) is 0 Å². The Bertz CT molecular complexity index is 505. The Morgan fingerprint density at radius 1 is 1.38 bits per heavy atom. The highest BCUT2D eigenvalue weighted by molar-refractivity contribution is 7.10. The summed E-state index contributed by atoms with van der Waals surface area (Å²) in [6.45, 7) is 0. The fourth-order valence-corrected chi connectivity index (χ4v) is 2.10. The van der Waals surface area contributed by atoms with Crippen LogP contribution in [0.15, 0.2) is 29.6 Å². The average molecular weight is 234 g/mol. The Balaban J connectivity index is 2.24. The van der Waals surface area contributed by atoms with Crippen LogP contribution in [0.25, 0.3) is 11.3 Å². The molecule has 3 N–H and O–H groups in total. The minimum Gasteiger partial charge on any atom is -0.481 e. The molecule has 0 saturated heterocycles. The second-order valence-corrected chi connectivity index (χ2v) is 4.26. The first-order valence-corrected chi connectivity index (χ1v) is 5.55. The van der Waals surface area contributed by atoms with Crippen molar-refractivity contribution in [1.29, 1.82) is 0 Å². The van der Waals surface area contributed by atoms with Gasteiger partial charge in [0.05, 0.1) is 12.1 Å². The summed E-state index contributed by atoms with van der Waals surface area (Å²) < 4.78 is 0. The first-order chi connectivity index (χ1) is 7.65. The third-order valence-corrected chi connectivity index (χ3v) is 2.91. The minimum absolute atomic E-state index is 0.0281. The summed E-state index contributed by atoms with van der Waals surface area (Å²) in [4.78, 5) is 14.8. The first kappa shape index (κ1) is 10.6. The van der Waals surface area contributed by atoms with Crippen LogP contribution in [-0.4, -0.2) is 16.1 Å². The lowest BCUT2D eigenvalue weighted by Gasteiger charge is -1.96. The molecule has 0 unspecified atom stereocenters. The Morgan fingerprint density at radius 2 is 2.06 bits per heavy atom. The van der Waals surface area contributed by atoms with Crippen LogP contribution in [-0.2, 0) is 11.2 Å². The molecule has 0 radical (unpaired) electrons. The van der Waals surface area contributed by atoms with Gasteiger partial charge < -0.3 is 10.8 Å². The summed E-state index contributed by atoms with van der Waals surface area (Å²) in [6.07, 6.45) is -0.0281. The standard InChI is InChI=1S/C11H10N2O2S/c12-8-3-1-7(2-4-8)9-6-16-10(13-9)5-11(14)15/h1-4,6H,5,12H2,(H,14,15). The van der Waals surface area contributed by atoms with Crippen molar-refractivity contribution in [2.45, 2.75) is 6.42 Å². The Labute approximate surface area is 96.4 Å². The number of nitrogens with zero attached hydrogens (tertiary/aromatic N) is 1. The molecule has 2 rings (SSSR count). The van der Waals surface area contributed by atoms with E-state index in [4.69, 9.17) is 10.8 Å². The number of anilines is 1. The molecule has 2 aromatic rings. The quantitative estimate of drug-likeness (QED) is 0.796. The van der Waals surface area contributed by atoms with Gasteiger partial charge in [-0.25, -0.2) is 4.98 Å².